The largest absolute Gasteiger partial charge is 0.377 e. The van der Waals surface area contributed by atoms with Gasteiger partial charge in [-0.1, -0.05) is 12.1 Å². The van der Waals surface area contributed by atoms with E-state index in [9.17, 15) is 8.78 Å². The van der Waals surface area contributed by atoms with Crippen molar-refractivity contribution in [1.29, 1.82) is 0 Å². The molecular formula is C14H20F2N2O2. The molecule has 6 heteroatoms. The van der Waals surface area contributed by atoms with Crippen LogP contribution in [0.4, 0.5) is 8.78 Å². The number of hydrogen-bond acceptors (Lipinski definition) is 4. The summed E-state index contributed by atoms with van der Waals surface area (Å²) in [5, 5.41) is 0. The van der Waals surface area contributed by atoms with Crippen LogP contribution in [0.15, 0.2) is 18.2 Å². The molecular weight excluding hydrogens is 266 g/mol. The second kappa shape index (κ2) is 6.58. The Hall–Kier alpha value is -1.08. The average Bonchev–Trinajstić information content (AvgIpc) is 2.83. The summed E-state index contributed by atoms with van der Waals surface area (Å²) in [6, 6.07) is 3.48. The number of methoxy groups -OCH3 is 2. The van der Waals surface area contributed by atoms with Crippen molar-refractivity contribution in [1.82, 2.24) is 4.90 Å². The number of nitrogens with two attached hydrogens (primary N) is 1. The Morgan fingerprint density at radius 3 is 2.40 bits per heavy atom. The molecule has 1 heterocycles. The summed E-state index contributed by atoms with van der Waals surface area (Å²) >= 11 is 0. The second-order valence-corrected chi connectivity index (χ2v) is 5.02. The summed E-state index contributed by atoms with van der Waals surface area (Å²) < 4.78 is 37.6. The van der Waals surface area contributed by atoms with Crippen LogP contribution in [0, 0.1) is 11.6 Å². The first-order valence-corrected chi connectivity index (χ1v) is 6.54. The van der Waals surface area contributed by atoms with E-state index in [0.29, 0.717) is 19.6 Å². The minimum Gasteiger partial charge on any atom is -0.377 e. The van der Waals surface area contributed by atoms with Crippen molar-refractivity contribution in [3.05, 3.63) is 35.4 Å². The Bertz CT molecular complexity index is 447. The molecule has 2 rings (SSSR count). The first kappa shape index (κ1) is 15.3. The number of hydrogen-bond donors (Lipinski definition) is 1. The van der Waals surface area contributed by atoms with Crippen LogP contribution in [0.5, 0.6) is 0 Å². The molecule has 2 N–H and O–H groups in total. The summed E-state index contributed by atoms with van der Waals surface area (Å²) in [6.07, 6.45) is -0.0471. The quantitative estimate of drug-likeness (QED) is 0.886. The maximum atomic E-state index is 13.7. The number of likely N-dealkylation sites (tertiary alicyclic amines) is 1. The smallest absolute Gasteiger partial charge is 0.163 e. The van der Waals surface area contributed by atoms with Crippen molar-refractivity contribution in [2.75, 3.05) is 33.9 Å². The maximum Gasteiger partial charge on any atom is 0.163 e. The van der Waals surface area contributed by atoms with Gasteiger partial charge in [0.25, 0.3) is 0 Å². The number of halogens is 2. The predicted molar refractivity (Wildman–Crippen MR) is 71.3 cm³/mol. The van der Waals surface area contributed by atoms with E-state index >= 15 is 0 Å². The van der Waals surface area contributed by atoms with E-state index in [0.717, 1.165) is 6.07 Å². The van der Waals surface area contributed by atoms with E-state index in [1.807, 2.05) is 4.90 Å². The number of ether oxygens (including phenoxy) is 2. The van der Waals surface area contributed by atoms with Crippen molar-refractivity contribution in [3.63, 3.8) is 0 Å². The lowest BCUT2D eigenvalue weighted by atomic mass is 10.1. The topological polar surface area (TPSA) is 47.7 Å². The van der Waals surface area contributed by atoms with Crippen LogP contribution in [0.1, 0.15) is 11.6 Å². The molecule has 3 unspecified atom stereocenters. The third-order valence-corrected chi connectivity index (χ3v) is 3.73. The molecule has 20 heavy (non-hydrogen) atoms. The van der Waals surface area contributed by atoms with Gasteiger partial charge in [0.05, 0.1) is 12.2 Å². The predicted octanol–water partition coefficient (Wildman–Crippen LogP) is 1.31. The van der Waals surface area contributed by atoms with Crippen LogP contribution in [0.25, 0.3) is 0 Å². The zero-order valence-electron chi connectivity index (χ0n) is 11.7. The highest BCUT2D eigenvalue weighted by Gasteiger charge is 2.33. The third-order valence-electron chi connectivity index (χ3n) is 3.73. The van der Waals surface area contributed by atoms with Gasteiger partial charge in [-0.2, -0.15) is 0 Å². The zero-order valence-corrected chi connectivity index (χ0v) is 11.7. The van der Waals surface area contributed by atoms with Crippen molar-refractivity contribution >= 4 is 0 Å². The van der Waals surface area contributed by atoms with Crippen molar-refractivity contribution in [2.45, 2.75) is 18.2 Å². The highest BCUT2D eigenvalue weighted by atomic mass is 19.2. The molecule has 1 aromatic carbocycles. The van der Waals surface area contributed by atoms with Crippen LogP contribution in [0.3, 0.4) is 0 Å². The van der Waals surface area contributed by atoms with Crippen LogP contribution in [-0.2, 0) is 9.47 Å². The summed E-state index contributed by atoms with van der Waals surface area (Å²) in [5.41, 5.74) is 6.18. The number of rotatable bonds is 5. The minimum absolute atomic E-state index is 0.0236. The lowest BCUT2D eigenvalue weighted by Crippen LogP contribution is -2.32. The summed E-state index contributed by atoms with van der Waals surface area (Å²) in [4.78, 5) is 2.04. The molecule has 1 fully saturated rings. The fourth-order valence-corrected chi connectivity index (χ4v) is 2.60. The molecule has 1 saturated heterocycles. The first-order chi connectivity index (χ1) is 9.56. The van der Waals surface area contributed by atoms with Gasteiger partial charge in [-0.25, -0.2) is 8.78 Å². The molecule has 3 atom stereocenters. The second-order valence-electron chi connectivity index (χ2n) is 5.02. The minimum atomic E-state index is -0.871. The highest BCUT2D eigenvalue weighted by molar-refractivity contribution is 5.22. The normalized spacial score (nSPS) is 25.1. The van der Waals surface area contributed by atoms with Gasteiger partial charge in [-0.15, -0.1) is 0 Å². The van der Waals surface area contributed by atoms with Gasteiger partial charge in [-0.3, -0.25) is 4.90 Å². The zero-order chi connectivity index (χ0) is 14.7. The molecule has 4 nitrogen and oxygen atoms in total. The molecule has 0 aliphatic carbocycles. The van der Waals surface area contributed by atoms with Crippen molar-refractivity contribution in [2.24, 2.45) is 5.73 Å². The fraction of sp³-hybridized carbons (Fsp3) is 0.571. The Labute approximate surface area is 117 Å². The summed E-state index contributed by atoms with van der Waals surface area (Å²) in [5.74, 6) is -1.74. The molecule has 112 valence electrons. The Balaban J connectivity index is 2.02. The molecule has 0 radical (unpaired) electrons. The van der Waals surface area contributed by atoms with E-state index in [4.69, 9.17) is 15.2 Å². The monoisotopic (exact) mass is 286 g/mol. The Kier molecular flexibility index (Phi) is 5.04. The molecule has 1 aliphatic rings. The SMILES string of the molecule is COC1CN(CC(N)c2cccc(F)c2F)CC1OC. The summed E-state index contributed by atoms with van der Waals surface area (Å²) in [7, 11) is 3.26. The number of benzene rings is 1. The molecule has 0 bridgehead atoms. The summed E-state index contributed by atoms with van der Waals surface area (Å²) in [6.45, 7) is 1.76. The van der Waals surface area contributed by atoms with Gasteiger partial charge < -0.3 is 15.2 Å². The van der Waals surface area contributed by atoms with Crippen LogP contribution >= 0.6 is 0 Å². The molecule has 0 amide bonds. The standard InChI is InChI=1S/C14H20F2N2O2/c1-19-12-7-18(8-13(12)20-2)6-11(17)9-4-3-5-10(15)14(9)16/h3-5,11-13H,6-8,17H2,1-2H3. The maximum absolute atomic E-state index is 13.7. The van der Waals surface area contributed by atoms with Crippen molar-refractivity contribution < 1.29 is 18.3 Å². The fourth-order valence-electron chi connectivity index (χ4n) is 2.60. The molecule has 1 aliphatic heterocycles. The molecule has 0 aromatic heterocycles. The highest BCUT2D eigenvalue weighted by Crippen LogP contribution is 2.22. The van der Waals surface area contributed by atoms with Crippen molar-refractivity contribution in [3.8, 4) is 0 Å². The van der Waals surface area contributed by atoms with E-state index in [-0.39, 0.29) is 17.8 Å². The van der Waals surface area contributed by atoms with E-state index < -0.39 is 17.7 Å². The first-order valence-electron chi connectivity index (χ1n) is 6.54. The molecule has 0 spiro atoms. The van der Waals surface area contributed by atoms with Gasteiger partial charge in [-0.05, 0) is 6.07 Å². The van der Waals surface area contributed by atoms with E-state index in [2.05, 4.69) is 0 Å². The van der Waals surface area contributed by atoms with Crippen LogP contribution < -0.4 is 5.73 Å². The molecule has 1 aromatic rings. The average molecular weight is 286 g/mol. The number of nitrogens with zero attached hydrogens (tertiary/aromatic N) is 1. The lowest BCUT2D eigenvalue weighted by Gasteiger charge is -2.21. The van der Waals surface area contributed by atoms with Crippen LogP contribution in [-0.4, -0.2) is 51.0 Å². The van der Waals surface area contributed by atoms with Gasteiger partial charge in [0.15, 0.2) is 11.6 Å². The Morgan fingerprint density at radius 1 is 1.25 bits per heavy atom. The third kappa shape index (κ3) is 3.15. The van der Waals surface area contributed by atoms with E-state index in [1.54, 1.807) is 14.2 Å². The van der Waals surface area contributed by atoms with Crippen LogP contribution in [0.2, 0.25) is 0 Å². The van der Waals surface area contributed by atoms with Gasteiger partial charge in [0, 0.05) is 45.5 Å². The lowest BCUT2D eigenvalue weighted by molar-refractivity contribution is -0.00461. The van der Waals surface area contributed by atoms with Gasteiger partial charge in [0.2, 0.25) is 0 Å². The van der Waals surface area contributed by atoms with Gasteiger partial charge in [0.1, 0.15) is 0 Å². The van der Waals surface area contributed by atoms with Gasteiger partial charge >= 0.3 is 0 Å². The Morgan fingerprint density at radius 2 is 1.85 bits per heavy atom. The molecule has 0 saturated carbocycles. The van der Waals surface area contributed by atoms with E-state index in [1.165, 1.54) is 12.1 Å².